The highest BCUT2D eigenvalue weighted by atomic mass is 16.5. The number of carbonyl (C=O) groups is 4. The van der Waals surface area contributed by atoms with E-state index in [0.29, 0.717) is 75.1 Å². The lowest BCUT2D eigenvalue weighted by Crippen LogP contribution is -2.41. The van der Waals surface area contributed by atoms with Crippen LogP contribution in [0.2, 0.25) is 0 Å². The van der Waals surface area contributed by atoms with Crippen LogP contribution in [-0.2, 0) is 19.1 Å². The lowest BCUT2D eigenvalue weighted by atomic mass is 10.1. The predicted molar refractivity (Wildman–Crippen MR) is 133 cm³/mol. The molecule has 190 valence electrons. The highest BCUT2D eigenvalue weighted by molar-refractivity contribution is 6.06. The summed E-state index contributed by atoms with van der Waals surface area (Å²) in [6.07, 6.45) is -0.156. The molecule has 0 atom stereocenters. The number of nitrogens with zero attached hydrogens (tertiary/aromatic N) is 2. The number of rotatable bonds is 7. The molecule has 0 aromatic heterocycles. The third-order valence-electron chi connectivity index (χ3n) is 6.04. The predicted octanol–water partition coefficient (Wildman–Crippen LogP) is 1.99. The molecule has 2 aromatic rings. The Morgan fingerprint density at radius 2 is 0.972 bits per heavy atom. The van der Waals surface area contributed by atoms with Gasteiger partial charge in [0.25, 0.3) is 11.8 Å². The van der Waals surface area contributed by atoms with Gasteiger partial charge >= 0.3 is 0 Å². The van der Waals surface area contributed by atoms with Gasteiger partial charge in [-0.3, -0.25) is 19.2 Å². The molecule has 2 saturated heterocycles. The van der Waals surface area contributed by atoms with Crippen molar-refractivity contribution in [2.75, 3.05) is 63.2 Å². The van der Waals surface area contributed by atoms with E-state index in [1.54, 1.807) is 58.3 Å². The highest BCUT2D eigenvalue weighted by Gasteiger charge is 2.23. The van der Waals surface area contributed by atoms with Gasteiger partial charge in [-0.2, -0.15) is 0 Å². The third kappa shape index (κ3) is 6.46. The summed E-state index contributed by atoms with van der Waals surface area (Å²) in [4.78, 5) is 54.4. The first-order valence-electron chi connectivity index (χ1n) is 12.0. The van der Waals surface area contributed by atoms with E-state index in [1.807, 2.05) is 0 Å². The summed E-state index contributed by atoms with van der Waals surface area (Å²) >= 11 is 0. The maximum Gasteiger partial charge on any atom is 0.256 e. The minimum Gasteiger partial charge on any atom is -0.378 e. The van der Waals surface area contributed by atoms with E-state index in [4.69, 9.17) is 9.47 Å². The van der Waals surface area contributed by atoms with Gasteiger partial charge < -0.3 is 29.9 Å². The fourth-order valence-corrected chi connectivity index (χ4v) is 4.08. The molecule has 2 fully saturated rings. The molecule has 0 spiro atoms. The van der Waals surface area contributed by atoms with Crippen molar-refractivity contribution < 1.29 is 28.7 Å². The second-order valence-electron chi connectivity index (χ2n) is 8.50. The molecular weight excluding hydrogens is 464 g/mol. The molecule has 4 amide bonds. The van der Waals surface area contributed by atoms with Crippen LogP contribution in [0.3, 0.4) is 0 Å². The first kappa shape index (κ1) is 25.3. The van der Waals surface area contributed by atoms with Gasteiger partial charge in [-0.05, 0) is 24.3 Å². The maximum atomic E-state index is 12.9. The molecule has 2 aliphatic rings. The van der Waals surface area contributed by atoms with Gasteiger partial charge in [0.15, 0.2) is 0 Å². The number of morpholine rings is 2. The van der Waals surface area contributed by atoms with Gasteiger partial charge in [-0.25, -0.2) is 0 Å². The topological polar surface area (TPSA) is 117 Å². The molecule has 2 heterocycles. The van der Waals surface area contributed by atoms with E-state index in [9.17, 15) is 19.2 Å². The summed E-state index contributed by atoms with van der Waals surface area (Å²) in [5, 5.41) is 5.50. The van der Waals surface area contributed by atoms with Gasteiger partial charge in [0, 0.05) is 39.0 Å². The van der Waals surface area contributed by atoms with Crippen LogP contribution in [0.5, 0.6) is 0 Å². The smallest absolute Gasteiger partial charge is 0.256 e. The van der Waals surface area contributed by atoms with Crippen LogP contribution in [0.4, 0.5) is 11.4 Å². The molecule has 0 bridgehead atoms. The SMILES string of the molecule is O=C(CCC(=O)Nc1ccccc1C(=O)N1CCOCC1)Nc1ccccc1C(=O)N1CCOCC1. The van der Waals surface area contributed by atoms with Crippen LogP contribution in [0.25, 0.3) is 0 Å². The Bertz CT molecular complexity index is 1020. The number of carbonyl (C=O) groups excluding carboxylic acids is 4. The number of para-hydroxylation sites is 2. The van der Waals surface area contributed by atoms with E-state index in [2.05, 4.69) is 10.6 Å². The number of hydrogen-bond donors (Lipinski definition) is 2. The van der Waals surface area contributed by atoms with Crippen molar-refractivity contribution in [2.24, 2.45) is 0 Å². The molecule has 10 nitrogen and oxygen atoms in total. The van der Waals surface area contributed by atoms with Crippen molar-refractivity contribution in [1.82, 2.24) is 9.80 Å². The summed E-state index contributed by atoms with van der Waals surface area (Å²) in [7, 11) is 0. The van der Waals surface area contributed by atoms with Crippen LogP contribution < -0.4 is 10.6 Å². The minimum absolute atomic E-state index is 0.0779. The molecule has 2 N–H and O–H groups in total. The standard InChI is InChI=1S/C26H30N4O6/c31-23(27-21-7-3-1-5-19(21)25(33)29-11-15-35-16-12-29)9-10-24(32)28-22-8-4-2-6-20(22)26(34)30-13-17-36-18-14-30/h1-8H,9-18H2,(H,27,31)(H,28,32). The Hall–Kier alpha value is -3.76. The minimum atomic E-state index is -0.384. The average molecular weight is 495 g/mol. The summed E-state index contributed by atoms with van der Waals surface area (Å²) < 4.78 is 10.6. The Balaban J connectivity index is 1.33. The zero-order valence-electron chi connectivity index (χ0n) is 20.0. The summed E-state index contributed by atoms with van der Waals surface area (Å²) in [6, 6.07) is 13.6. The molecular formula is C26H30N4O6. The Kier molecular flexibility index (Phi) is 8.64. The molecule has 36 heavy (non-hydrogen) atoms. The van der Waals surface area contributed by atoms with Crippen molar-refractivity contribution >= 4 is 35.0 Å². The number of benzene rings is 2. The lowest BCUT2D eigenvalue weighted by molar-refractivity contribution is -0.121. The van der Waals surface area contributed by atoms with Gasteiger partial charge in [0.05, 0.1) is 48.9 Å². The monoisotopic (exact) mass is 494 g/mol. The zero-order chi connectivity index (χ0) is 25.3. The maximum absolute atomic E-state index is 12.9. The van der Waals surface area contributed by atoms with Crippen LogP contribution in [0, 0.1) is 0 Å². The van der Waals surface area contributed by atoms with Gasteiger partial charge in [0.2, 0.25) is 11.8 Å². The number of amides is 4. The Morgan fingerprint density at radius 1 is 0.611 bits per heavy atom. The summed E-state index contributed by atoms with van der Waals surface area (Å²) in [5.74, 6) is -1.11. The number of anilines is 2. The van der Waals surface area contributed by atoms with E-state index in [-0.39, 0.29) is 36.5 Å². The van der Waals surface area contributed by atoms with E-state index in [1.165, 1.54) is 0 Å². The highest BCUT2D eigenvalue weighted by Crippen LogP contribution is 2.20. The molecule has 0 saturated carbocycles. The van der Waals surface area contributed by atoms with Crippen molar-refractivity contribution in [3.05, 3.63) is 59.7 Å². The fraction of sp³-hybridized carbons (Fsp3) is 0.385. The second kappa shape index (κ2) is 12.3. The van der Waals surface area contributed by atoms with Crippen molar-refractivity contribution in [2.45, 2.75) is 12.8 Å². The largest absolute Gasteiger partial charge is 0.378 e. The van der Waals surface area contributed by atoms with Crippen molar-refractivity contribution in [3.8, 4) is 0 Å². The molecule has 2 aliphatic heterocycles. The van der Waals surface area contributed by atoms with E-state index < -0.39 is 0 Å². The fourth-order valence-electron chi connectivity index (χ4n) is 4.08. The van der Waals surface area contributed by atoms with E-state index >= 15 is 0 Å². The van der Waals surface area contributed by atoms with Crippen molar-refractivity contribution in [3.63, 3.8) is 0 Å². The molecule has 2 aromatic carbocycles. The van der Waals surface area contributed by atoms with Gasteiger partial charge in [-0.1, -0.05) is 24.3 Å². The average Bonchev–Trinajstić information content (AvgIpc) is 2.93. The molecule has 0 radical (unpaired) electrons. The van der Waals surface area contributed by atoms with E-state index in [0.717, 1.165) is 0 Å². The molecule has 0 unspecified atom stereocenters. The van der Waals surface area contributed by atoms with Crippen LogP contribution in [0.15, 0.2) is 48.5 Å². The first-order chi connectivity index (χ1) is 17.5. The quantitative estimate of drug-likeness (QED) is 0.608. The molecule has 10 heteroatoms. The first-order valence-corrected chi connectivity index (χ1v) is 12.0. The Morgan fingerprint density at radius 3 is 1.36 bits per heavy atom. The number of hydrogen-bond acceptors (Lipinski definition) is 6. The van der Waals surface area contributed by atoms with Crippen LogP contribution in [0.1, 0.15) is 33.6 Å². The number of ether oxygens (including phenoxy) is 2. The van der Waals surface area contributed by atoms with Crippen LogP contribution >= 0.6 is 0 Å². The third-order valence-corrected chi connectivity index (χ3v) is 6.04. The lowest BCUT2D eigenvalue weighted by Gasteiger charge is -2.27. The Labute approximate surface area is 209 Å². The van der Waals surface area contributed by atoms with Crippen LogP contribution in [-0.4, -0.2) is 86.0 Å². The van der Waals surface area contributed by atoms with Gasteiger partial charge in [-0.15, -0.1) is 0 Å². The van der Waals surface area contributed by atoms with Crippen molar-refractivity contribution in [1.29, 1.82) is 0 Å². The normalized spacial score (nSPS) is 15.8. The second-order valence-corrected chi connectivity index (χ2v) is 8.50. The number of nitrogens with one attached hydrogen (secondary N) is 2. The summed E-state index contributed by atoms with van der Waals surface area (Å²) in [5.41, 5.74) is 1.60. The molecule has 4 rings (SSSR count). The summed E-state index contributed by atoms with van der Waals surface area (Å²) in [6.45, 7) is 3.92. The zero-order valence-corrected chi connectivity index (χ0v) is 20.0. The van der Waals surface area contributed by atoms with Gasteiger partial charge in [0.1, 0.15) is 0 Å². The molecule has 0 aliphatic carbocycles.